The lowest BCUT2D eigenvalue weighted by molar-refractivity contribution is 0.390. The molecular formula is C6H11N3OS. The van der Waals surface area contributed by atoms with Gasteiger partial charge in [0.15, 0.2) is 6.33 Å². The minimum atomic E-state index is 0.446. The van der Waals surface area contributed by atoms with Crippen LogP contribution in [0.3, 0.4) is 0 Å². The van der Waals surface area contributed by atoms with Crippen LogP contribution in [0.15, 0.2) is 10.9 Å². The van der Waals surface area contributed by atoms with E-state index in [-0.39, 0.29) is 0 Å². The van der Waals surface area contributed by atoms with E-state index in [1.165, 1.54) is 6.33 Å². The van der Waals surface area contributed by atoms with Crippen molar-refractivity contribution >= 4 is 11.8 Å². The molecule has 62 valence electrons. The summed E-state index contributed by atoms with van der Waals surface area (Å²) >= 11 is 1.71. The van der Waals surface area contributed by atoms with Gasteiger partial charge in [0.2, 0.25) is 5.89 Å². The third-order valence-corrected chi connectivity index (χ3v) is 2.41. The van der Waals surface area contributed by atoms with Gasteiger partial charge < -0.3 is 10.3 Å². The van der Waals surface area contributed by atoms with E-state index >= 15 is 0 Å². The van der Waals surface area contributed by atoms with Crippen molar-refractivity contribution in [2.24, 2.45) is 5.73 Å². The Morgan fingerprint density at radius 1 is 1.82 bits per heavy atom. The van der Waals surface area contributed by atoms with Crippen LogP contribution in [0.5, 0.6) is 0 Å². The van der Waals surface area contributed by atoms with Gasteiger partial charge in [-0.05, 0) is 0 Å². The summed E-state index contributed by atoms with van der Waals surface area (Å²) < 4.78 is 4.81. The van der Waals surface area contributed by atoms with E-state index < -0.39 is 0 Å². The van der Waals surface area contributed by atoms with Crippen molar-refractivity contribution in [1.29, 1.82) is 0 Å². The van der Waals surface area contributed by atoms with E-state index in [0.717, 1.165) is 5.75 Å². The number of aromatic nitrogens is 2. The Hall–Kier alpha value is -0.550. The molecule has 0 aliphatic heterocycles. The van der Waals surface area contributed by atoms with Crippen LogP contribution in [0.2, 0.25) is 0 Å². The summed E-state index contributed by atoms with van der Waals surface area (Å²) in [6, 6.07) is 0. The number of hydrogen-bond donors (Lipinski definition) is 1. The number of nitrogens with zero attached hydrogens (tertiary/aromatic N) is 2. The van der Waals surface area contributed by atoms with Gasteiger partial charge in [0, 0.05) is 11.8 Å². The van der Waals surface area contributed by atoms with Gasteiger partial charge in [-0.1, -0.05) is 12.1 Å². The van der Waals surface area contributed by atoms with Crippen LogP contribution in [0, 0.1) is 0 Å². The Kier molecular flexibility index (Phi) is 3.38. The molecule has 0 aliphatic carbocycles. The summed E-state index contributed by atoms with van der Waals surface area (Å²) in [5.41, 5.74) is 5.42. The van der Waals surface area contributed by atoms with Crippen LogP contribution in [-0.2, 0) is 5.75 Å². The van der Waals surface area contributed by atoms with Gasteiger partial charge in [0.05, 0.1) is 5.75 Å². The molecule has 2 N–H and O–H groups in total. The van der Waals surface area contributed by atoms with Crippen molar-refractivity contribution in [2.75, 3.05) is 6.54 Å². The molecule has 0 saturated carbocycles. The Labute approximate surface area is 69.5 Å². The maximum atomic E-state index is 5.42. The quantitative estimate of drug-likeness (QED) is 0.724. The largest absolute Gasteiger partial charge is 0.339 e. The average molecular weight is 173 g/mol. The monoisotopic (exact) mass is 173 g/mol. The standard InChI is InChI=1S/C6H11N3OS/c1-5(2-7)11-3-6-8-4-9-10-6/h4-5H,2-3,7H2,1H3. The lowest BCUT2D eigenvalue weighted by Gasteiger charge is -2.03. The Bertz CT molecular complexity index is 190. The van der Waals surface area contributed by atoms with Gasteiger partial charge >= 0.3 is 0 Å². The molecular weight excluding hydrogens is 162 g/mol. The third-order valence-electron chi connectivity index (χ3n) is 1.23. The van der Waals surface area contributed by atoms with Crippen LogP contribution in [0.1, 0.15) is 12.8 Å². The Morgan fingerprint density at radius 3 is 3.18 bits per heavy atom. The highest BCUT2D eigenvalue weighted by atomic mass is 32.2. The summed E-state index contributed by atoms with van der Waals surface area (Å²) in [7, 11) is 0. The fourth-order valence-corrected chi connectivity index (χ4v) is 1.23. The Balaban J connectivity index is 2.23. The maximum Gasteiger partial charge on any atom is 0.236 e. The first kappa shape index (κ1) is 8.55. The molecule has 4 nitrogen and oxygen atoms in total. The minimum absolute atomic E-state index is 0.446. The summed E-state index contributed by atoms with van der Waals surface area (Å²) in [6.45, 7) is 2.75. The summed E-state index contributed by atoms with van der Waals surface area (Å²) in [5.74, 6) is 1.41. The lowest BCUT2D eigenvalue weighted by atomic mass is 10.5. The highest BCUT2D eigenvalue weighted by molar-refractivity contribution is 7.99. The van der Waals surface area contributed by atoms with Crippen molar-refractivity contribution in [2.45, 2.75) is 17.9 Å². The van der Waals surface area contributed by atoms with Crippen molar-refractivity contribution in [3.8, 4) is 0 Å². The predicted octanol–water partition coefficient (Wildman–Crippen LogP) is 0.650. The SMILES string of the molecule is CC(CN)SCc1ncno1. The highest BCUT2D eigenvalue weighted by Gasteiger charge is 2.03. The zero-order valence-electron chi connectivity index (χ0n) is 6.36. The Morgan fingerprint density at radius 2 is 2.64 bits per heavy atom. The summed E-state index contributed by atoms with van der Waals surface area (Å²) in [5, 5.41) is 3.94. The van der Waals surface area contributed by atoms with E-state index in [1.807, 2.05) is 0 Å². The van der Waals surface area contributed by atoms with Crippen LogP contribution in [0.4, 0.5) is 0 Å². The van der Waals surface area contributed by atoms with Crippen LogP contribution in [-0.4, -0.2) is 21.9 Å². The molecule has 1 unspecified atom stereocenters. The molecule has 0 saturated heterocycles. The average Bonchev–Trinajstić information content (AvgIpc) is 2.52. The first-order valence-corrected chi connectivity index (χ1v) is 4.45. The number of thioether (sulfide) groups is 1. The van der Waals surface area contributed by atoms with Gasteiger partial charge in [-0.3, -0.25) is 0 Å². The molecule has 0 aliphatic rings. The van der Waals surface area contributed by atoms with Gasteiger partial charge in [-0.15, -0.1) is 11.8 Å². The molecule has 0 spiro atoms. The summed E-state index contributed by atoms with van der Waals surface area (Å²) in [6.07, 6.45) is 1.41. The third kappa shape index (κ3) is 2.90. The topological polar surface area (TPSA) is 64.9 Å². The molecule has 0 bridgehead atoms. The predicted molar refractivity (Wildman–Crippen MR) is 44.1 cm³/mol. The van der Waals surface area contributed by atoms with Crippen molar-refractivity contribution in [1.82, 2.24) is 10.1 Å². The first-order chi connectivity index (χ1) is 5.33. The molecule has 1 atom stereocenters. The van der Waals surface area contributed by atoms with E-state index in [4.69, 9.17) is 10.3 Å². The molecule has 1 aromatic heterocycles. The van der Waals surface area contributed by atoms with Gasteiger partial charge in [-0.25, -0.2) is 0 Å². The number of nitrogens with two attached hydrogens (primary N) is 1. The maximum absolute atomic E-state index is 5.42. The van der Waals surface area contributed by atoms with E-state index in [0.29, 0.717) is 17.7 Å². The second-order valence-corrected chi connectivity index (χ2v) is 3.62. The van der Waals surface area contributed by atoms with Gasteiger partial charge in [-0.2, -0.15) is 4.98 Å². The minimum Gasteiger partial charge on any atom is -0.339 e. The van der Waals surface area contributed by atoms with E-state index in [2.05, 4.69) is 17.1 Å². The van der Waals surface area contributed by atoms with Gasteiger partial charge in [0.25, 0.3) is 0 Å². The molecule has 1 rings (SSSR count). The molecule has 5 heteroatoms. The first-order valence-electron chi connectivity index (χ1n) is 3.40. The molecule has 11 heavy (non-hydrogen) atoms. The van der Waals surface area contributed by atoms with Crippen molar-refractivity contribution in [3.63, 3.8) is 0 Å². The van der Waals surface area contributed by atoms with Crippen LogP contribution < -0.4 is 5.73 Å². The van der Waals surface area contributed by atoms with E-state index in [1.54, 1.807) is 11.8 Å². The van der Waals surface area contributed by atoms with Crippen molar-refractivity contribution in [3.05, 3.63) is 12.2 Å². The second kappa shape index (κ2) is 4.35. The molecule has 0 fully saturated rings. The number of rotatable bonds is 4. The zero-order chi connectivity index (χ0) is 8.10. The normalized spacial score (nSPS) is 13.3. The molecule has 0 aromatic carbocycles. The lowest BCUT2D eigenvalue weighted by Crippen LogP contribution is -2.12. The fourth-order valence-electron chi connectivity index (χ4n) is 0.541. The molecule has 0 amide bonds. The van der Waals surface area contributed by atoms with Crippen molar-refractivity contribution < 1.29 is 4.52 Å². The zero-order valence-corrected chi connectivity index (χ0v) is 7.17. The smallest absolute Gasteiger partial charge is 0.236 e. The second-order valence-electron chi connectivity index (χ2n) is 2.19. The molecule has 0 radical (unpaired) electrons. The van der Waals surface area contributed by atoms with E-state index in [9.17, 15) is 0 Å². The van der Waals surface area contributed by atoms with Crippen LogP contribution >= 0.6 is 11.8 Å². The number of hydrogen-bond acceptors (Lipinski definition) is 5. The van der Waals surface area contributed by atoms with Crippen LogP contribution in [0.25, 0.3) is 0 Å². The van der Waals surface area contributed by atoms with Gasteiger partial charge in [0.1, 0.15) is 0 Å². The molecule has 1 aromatic rings. The summed E-state index contributed by atoms with van der Waals surface area (Å²) in [4.78, 5) is 3.88. The highest BCUT2D eigenvalue weighted by Crippen LogP contribution is 2.14. The fraction of sp³-hybridized carbons (Fsp3) is 0.667. The molecule has 1 heterocycles.